The van der Waals surface area contributed by atoms with E-state index in [0.717, 1.165) is 41.7 Å². The lowest BCUT2D eigenvalue weighted by Crippen LogP contribution is -2.20. The Bertz CT molecular complexity index is 722. The summed E-state index contributed by atoms with van der Waals surface area (Å²) < 4.78 is 5.91. The third-order valence-corrected chi connectivity index (χ3v) is 5.04. The van der Waals surface area contributed by atoms with E-state index < -0.39 is 0 Å². The van der Waals surface area contributed by atoms with Crippen LogP contribution in [0.4, 0.5) is 5.69 Å². The molecular weight excluding hydrogens is 312 g/mol. The summed E-state index contributed by atoms with van der Waals surface area (Å²) in [6.07, 6.45) is 2.09. The van der Waals surface area contributed by atoms with E-state index in [1.165, 1.54) is 6.42 Å². The van der Waals surface area contributed by atoms with Gasteiger partial charge < -0.3 is 15.1 Å². The lowest BCUT2D eigenvalue weighted by molar-refractivity contribution is -0.119. The minimum Gasteiger partial charge on any atom is -0.464 e. The Morgan fingerprint density at radius 3 is 2.80 bits per heavy atom. The van der Waals surface area contributed by atoms with Crippen molar-refractivity contribution in [3.63, 3.8) is 0 Å². The summed E-state index contributed by atoms with van der Waals surface area (Å²) in [5.74, 6) is 3.60. The zero-order valence-corrected chi connectivity index (χ0v) is 15.3. The van der Waals surface area contributed by atoms with E-state index in [0.29, 0.717) is 12.5 Å². The average molecular weight is 340 g/mol. The standard InChI is InChI=1S/C21H28N2O2/c1-4-14(2)21(24)23-17-7-5-6-16(11-17)12-22-13-18-8-9-20(25-18)19-10-15(19)3/h5-9,11,14-15,19,22H,4,10,12-13H2,1-3H3,(H,23,24). The average Bonchev–Trinajstić information content (AvgIpc) is 3.15. The SMILES string of the molecule is CCC(C)C(=O)Nc1cccc(CNCc2ccc(C3CC3C)o2)c1. The van der Waals surface area contributed by atoms with Crippen molar-refractivity contribution < 1.29 is 9.21 Å². The van der Waals surface area contributed by atoms with Gasteiger partial charge in [0.2, 0.25) is 5.91 Å². The third kappa shape index (κ3) is 4.73. The van der Waals surface area contributed by atoms with Gasteiger partial charge in [-0.2, -0.15) is 0 Å². The van der Waals surface area contributed by atoms with Gasteiger partial charge in [0.05, 0.1) is 6.54 Å². The quantitative estimate of drug-likeness (QED) is 0.734. The minimum absolute atomic E-state index is 0.0316. The van der Waals surface area contributed by atoms with Gasteiger partial charge in [0.25, 0.3) is 0 Å². The Morgan fingerprint density at radius 1 is 1.28 bits per heavy atom. The first-order valence-corrected chi connectivity index (χ1v) is 9.26. The lowest BCUT2D eigenvalue weighted by Gasteiger charge is -2.11. The summed E-state index contributed by atoms with van der Waals surface area (Å²) in [6.45, 7) is 7.68. The Morgan fingerprint density at radius 2 is 2.08 bits per heavy atom. The molecule has 3 atom stereocenters. The van der Waals surface area contributed by atoms with Crippen molar-refractivity contribution in [2.45, 2.75) is 52.6 Å². The van der Waals surface area contributed by atoms with Crippen molar-refractivity contribution in [1.82, 2.24) is 5.32 Å². The van der Waals surface area contributed by atoms with Crippen LogP contribution in [0, 0.1) is 11.8 Å². The largest absolute Gasteiger partial charge is 0.464 e. The molecule has 4 nitrogen and oxygen atoms in total. The fourth-order valence-electron chi connectivity index (χ4n) is 2.95. The molecule has 3 unspecified atom stereocenters. The molecule has 3 rings (SSSR count). The van der Waals surface area contributed by atoms with Gasteiger partial charge in [-0.3, -0.25) is 4.79 Å². The molecule has 1 fully saturated rings. The second-order valence-electron chi connectivity index (χ2n) is 7.23. The van der Waals surface area contributed by atoms with Crippen molar-refractivity contribution in [2.24, 2.45) is 11.8 Å². The second-order valence-corrected chi connectivity index (χ2v) is 7.23. The van der Waals surface area contributed by atoms with Crippen LogP contribution in [0.5, 0.6) is 0 Å². The van der Waals surface area contributed by atoms with Crippen LogP contribution in [-0.2, 0) is 17.9 Å². The molecule has 4 heteroatoms. The fourth-order valence-corrected chi connectivity index (χ4v) is 2.95. The molecule has 0 radical (unpaired) electrons. The van der Waals surface area contributed by atoms with Gasteiger partial charge in [-0.15, -0.1) is 0 Å². The van der Waals surface area contributed by atoms with Gasteiger partial charge in [0.1, 0.15) is 11.5 Å². The molecule has 1 aliphatic rings. The summed E-state index contributed by atoms with van der Waals surface area (Å²) in [5, 5.41) is 6.39. The van der Waals surface area contributed by atoms with Crippen molar-refractivity contribution in [3.05, 3.63) is 53.5 Å². The maximum Gasteiger partial charge on any atom is 0.227 e. The fraction of sp³-hybridized carbons (Fsp3) is 0.476. The van der Waals surface area contributed by atoms with Gasteiger partial charge >= 0.3 is 0 Å². The van der Waals surface area contributed by atoms with Gasteiger partial charge in [0.15, 0.2) is 0 Å². The number of furan rings is 1. The van der Waals surface area contributed by atoms with Crippen LogP contribution in [0.2, 0.25) is 0 Å². The Kier molecular flexibility index (Phi) is 5.59. The molecule has 134 valence electrons. The highest BCUT2D eigenvalue weighted by Crippen LogP contribution is 2.47. The van der Waals surface area contributed by atoms with E-state index >= 15 is 0 Å². The Hall–Kier alpha value is -2.07. The highest BCUT2D eigenvalue weighted by atomic mass is 16.3. The summed E-state index contributed by atoms with van der Waals surface area (Å²) >= 11 is 0. The van der Waals surface area contributed by atoms with Crippen LogP contribution in [0.1, 0.15) is 56.6 Å². The smallest absolute Gasteiger partial charge is 0.227 e. The highest BCUT2D eigenvalue weighted by molar-refractivity contribution is 5.92. The molecule has 0 spiro atoms. The van der Waals surface area contributed by atoms with Gasteiger partial charge in [0, 0.05) is 24.1 Å². The van der Waals surface area contributed by atoms with Gasteiger partial charge in [-0.25, -0.2) is 0 Å². The van der Waals surface area contributed by atoms with Crippen LogP contribution in [0.25, 0.3) is 0 Å². The molecule has 0 saturated heterocycles. The number of carbonyl (C=O) groups excluding carboxylic acids is 1. The van der Waals surface area contributed by atoms with E-state index in [2.05, 4.69) is 35.8 Å². The number of amides is 1. The zero-order valence-electron chi connectivity index (χ0n) is 15.3. The maximum atomic E-state index is 12.0. The number of carbonyl (C=O) groups is 1. The number of anilines is 1. The minimum atomic E-state index is 0.0316. The molecule has 1 heterocycles. The molecule has 2 N–H and O–H groups in total. The lowest BCUT2D eigenvalue weighted by atomic mass is 10.1. The van der Waals surface area contributed by atoms with E-state index in [-0.39, 0.29) is 11.8 Å². The first-order chi connectivity index (χ1) is 12.1. The van der Waals surface area contributed by atoms with Crippen molar-refractivity contribution in [1.29, 1.82) is 0 Å². The van der Waals surface area contributed by atoms with Crippen molar-refractivity contribution >= 4 is 11.6 Å². The van der Waals surface area contributed by atoms with E-state index in [9.17, 15) is 4.79 Å². The van der Waals surface area contributed by atoms with Gasteiger partial charge in [-0.1, -0.05) is 32.9 Å². The Labute approximate surface area is 150 Å². The Balaban J connectivity index is 1.49. The molecule has 25 heavy (non-hydrogen) atoms. The molecule has 1 aromatic heterocycles. The van der Waals surface area contributed by atoms with E-state index in [1.807, 2.05) is 32.0 Å². The highest BCUT2D eigenvalue weighted by Gasteiger charge is 2.36. The molecule has 2 aromatic rings. The molecule has 0 aliphatic heterocycles. The van der Waals surface area contributed by atoms with Crippen LogP contribution < -0.4 is 10.6 Å². The topological polar surface area (TPSA) is 54.3 Å². The third-order valence-electron chi connectivity index (χ3n) is 5.04. The number of hydrogen-bond acceptors (Lipinski definition) is 3. The normalized spacial score (nSPS) is 20.3. The van der Waals surface area contributed by atoms with Crippen LogP contribution >= 0.6 is 0 Å². The summed E-state index contributed by atoms with van der Waals surface area (Å²) in [6, 6.07) is 12.2. The first kappa shape index (κ1) is 17.7. The van der Waals surface area contributed by atoms with Crippen molar-refractivity contribution in [2.75, 3.05) is 5.32 Å². The predicted octanol–water partition coefficient (Wildman–Crippen LogP) is 4.68. The maximum absolute atomic E-state index is 12.0. The molecule has 1 amide bonds. The molecule has 1 aromatic carbocycles. The molecule has 0 bridgehead atoms. The zero-order chi connectivity index (χ0) is 17.8. The molecule has 1 aliphatic carbocycles. The molecule has 1 saturated carbocycles. The monoisotopic (exact) mass is 340 g/mol. The number of rotatable bonds is 8. The van der Waals surface area contributed by atoms with Gasteiger partial charge in [-0.05, 0) is 48.6 Å². The number of nitrogens with one attached hydrogen (secondary N) is 2. The summed E-state index contributed by atoms with van der Waals surface area (Å²) in [5.41, 5.74) is 2.00. The predicted molar refractivity (Wildman–Crippen MR) is 100 cm³/mol. The number of hydrogen-bond donors (Lipinski definition) is 2. The first-order valence-electron chi connectivity index (χ1n) is 9.26. The number of benzene rings is 1. The van der Waals surface area contributed by atoms with E-state index in [1.54, 1.807) is 0 Å². The summed E-state index contributed by atoms with van der Waals surface area (Å²) in [4.78, 5) is 12.0. The van der Waals surface area contributed by atoms with Crippen LogP contribution in [-0.4, -0.2) is 5.91 Å². The second kappa shape index (κ2) is 7.87. The molecular formula is C21H28N2O2. The van der Waals surface area contributed by atoms with Crippen LogP contribution in [0.15, 0.2) is 40.8 Å². The van der Waals surface area contributed by atoms with Crippen LogP contribution in [0.3, 0.4) is 0 Å². The van der Waals surface area contributed by atoms with Crippen molar-refractivity contribution in [3.8, 4) is 0 Å². The van der Waals surface area contributed by atoms with E-state index in [4.69, 9.17) is 4.42 Å². The summed E-state index contributed by atoms with van der Waals surface area (Å²) in [7, 11) is 0.